The maximum atomic E-state index is 14.5. The number of urea groups is 1. The van der Waals surface area contributed by atoms with Crippen LogP contribution >= 0.6 is 0 Å². The van der Waals surface area contributed by atoms with Crippen LogP contribution < -0.4 is 15.4 Å². The first kappa shape index (κ1) is 55.2. The van der Waals surface area contributed by atoms with Crippen molar-refractivity contribution in [3.05, 3.63) is 23.8 Å². The van der Waals surface area contributed by atoms with Gasteiger partial charge in [0.25, 0.3) is 0 Å². The minimum absolute atomic E-state index is 0.0995. The number of methoxy groups -OCH3 is 1. The van der Waals surface area contributed by atoms with Crippen LogP contribution in [0.5, 0.6) is 5.75 Å². The van der Waals surface area contributed by atoms with Crippen LogP contribution in [0.1, 0.15) is 107 Å². The van der Waals surface area contributed by atoms with Gasteiger partial charge in [0.05, 0.1) is 48.1 Å². The van der Waals surface area contributed by atoms with Gasteiger partial charge in [0.15, 0.2) is 12.6 Å². The van der Waals surface area contributed by atoms with Gasteiger partial charge in [-0.3, -0.25) is 9.69 Å². The number of hydrogen-bond donors (Lipinski definition) is 7. The lowest BCUT2D eigenvalue weighted by Crippen LogP contribution is -2.60. The molecule has 0 bridgehead atoms. The molecule has 2 amide bonds. The fraction of sp³-hybridized carbons (Fsp3) is 0.837. The predicted molar refractivity (Wildman–Crippen MR) is 250 cm³/mol. The van der Waals surface area contributed by atoms with Crippen molar-refractivity contribution in [2.24, 2.45) is 17.8 Å². The number of carbonyl (C=O) groups excluding carboxylic acids is 2. The number of rotatable bonds is 12. The highest BCUT2D eigenvalue weighted by molar-refractivity contribution is 5.89. The van der Waals surface area contributed by atoms with Gasteiger partial charge in [-0.15, -0.1) is 0 Å². The Balaban J connectivity index is 1.47. The Kier molecular flexibility index (Phi) is 19.0. The van der Waals surface area contributed by atoms with Gasteiger partial charge >= 0.3 is 12.0 Å². The molecule has 0 aliphatic carbocycles. The molecule has 18 atom stereocenters. The molecule has 7 N–H and O–H groups in total. The summed E-state index contributed by atoms with van der Waals surface area (Å²) in [5.41, 5.74) is -2.95. The van der Waals surface area contributed by atoms with Gasteiger partial charge in [-0.1, -0.05) is 20.8 Å². The van der Waals surface area contributed by atoms with Crippen LogP contribution in [-0.4, -0.2) is 185 Å². The van der Waals surface area contributed by atoms with Crippen molar-refractivity contribution < 1.29 is 68.3 Å². The summed E-state index contributed by atoms with van der Waals surface area (Å²) in [6.07, 6.45) is -7.79. The Morgan fingerprint density at radius 3 is 2.34 bits per heavy atom. The number of aliphatic hydroxyl groups excluding tert-OH is 3. The molecule has 384 valence electrons. The quantitative estimate of drug-likeness (QED) is 0.118. The Labute approximate surface area is 398 Å². The number of likely N-dealkylation sites (N-methyl/N-ethyl adjacent to an activating group) is 1. The number of aliphatic hydroxyl groups is 5. The fourth-order valence-corrected chi connectivity index (χ4v) is 10.8. The van der Waals surface area contributed by atoms with Crippen LogP contribution in [0.25, 0.3) is 0 Å². The summed E-state index contributed by atoms with van der Waals surface area (Å²) >= 11 is 0. The zero-order valence-electron chi connectivity index (χ0n) is 42.3. The molecule has 18 heteroatoms. The summed E-state index contributed by atoms with van der Waals surface area (Å²) < 4.78 is 43.6. The number of ether oxygens (including phenoxy) is 7. The molecule has 18 nitrogen and oxygen atoms in total. The summed E-state index contributed by atoms with van der Waals surface area (Å²) in [6.45, 7) is 19.1. The second-order valence-electron chi connectivity index (χ2n) is 20.9. The highest BCUT2D eigenvalue weighted by atomic mass is 16.7. The molecule has 1 aromatic rings. The van der Waals surface area contributed by atoms with Gasteiger partial charge in [0.1, 0.15) is 35.8 Å². The molecular formula is C49H84N4O14. The lowest BCUT2D eigenvalue weighted by molar-refractivity contribution is -0.318. The van der Waals surface area contributed by atoms with Crippen LogP contribution in [0.2, 0.25) is 0 Å². The number of cyclic esters (lactones) is 1. The van der Waals surface area contributed by atoms with Crippen molar-refractivity contribution in [1.29, 1.82) is 0 Å². The summed E-state index contributed by atoms with van der Waals surface area (Å²) in [6, 6.07) is 4.17. The summed E-state index contributed by atoms with van der Waals surface area (Å²) in [7, 11) is 5.25. The van der Waals surface area contributed by atoms with Crippen molar-refractivity contribution in [2.45, 2.75) is 198 Å². The number of benzene rings is 1. The van der Waals surface area contributed by atoms with Gasteiger partial charge in [0, 0.05) is 63.3 Å². The monoisotopic (exact) mass is 953 g/mol. The smallest absolute Gasteiger partial charge is 0.319 e. The van der Waals surface area contributed by atoms with Crippen LogP contribution in [0, 0.1) is 17.8 Å². The third-order valence-corrected chi connectivity index (χ3v) is 14.9. The maximum Gasteiger partial charge on any atom is 0.319 e. The highest BCUT2D eigenvalue weighted by Gasteiger charge is 2.53. The first-order valence-electron chi connectivity index (χ1n) is 24.4. The molecule has 0 unspecified atom stereocenters. The van der Waals surface area contributed by atoms with E-state index in [0.717, 1.165) is 17.7 Å². The summed E-state index contributed by atoms with van der Waals surface area (Å²) in [5, 5.41) is 65.7. The largest absolute Gasteiger partial charge is 0.493 e. The number of hydrogen-bond acceptors (Lipinski definition) is 16. The molecule has 3 fully saturated rings. The number of anilines is 1. The van der Waals surface area contributed by atoms with Crippen LogP contribution in [-0.2, 0) is 39.6 Å². The number of fused-ring (bicyclic) bond motifs is 1. The van der Waals surface area contributed by atoms with Gasteiger partial charge in [-0.2, -0.15) is 0 Å². The molecule has 67 heavy (non-hydrogen) atoms. The standard InChI is InChI=1S/C49H84N4O14/c1-14-37-49(10,60)41(55)31(6)53(20-15-19-50-46(58)51-34-16-17-36-33(23-34)18-21-62-36)26-27(2)24-47(8,59)43(67-45-39(54)35(52(11)12)22-28(3)63-45)29(4)40(30(5)44(57)65-37)66-38-25-48(9,61-13)42(56)32(7)64-38/h16-17,23,27-32,35,37-43,45,54-56,59-60H,14-15,18-22,24-26H2,1-13H3,(H2,50,51,58)/t27-,28-,29+,30-,31-,32+,35+,37-,38+,39-,40+,41-,42+,43-,45+,47-,48-,49-/m1/s1. The predicted octanol–water partition coefficient (Wildman–Crippen LogP) is 3.42. The van der Waals surface area contributed by atoms with E-state index in [2.05, 4.69) is 10.6 Å². The van der Waals surface area contributed by atoms with Crippen molar-refractivity contribution in [1.82, 2.24) is 15.1 Å². The molecule has 3 saturated heterocycles. The van der Waals surface area contributed by atoms with E-state index in [9.17, 15) is 35.1 Å². The van der Waals surface area contributed by atoms with Gasteiger partial charge < -0.3 is 74.2 Å². The van der Waals surface area contributed by atoms with Crippen molar-refractivity contribution in [2.75, 3.05) is 52.8 Å². The van der Waals surface area contributed by atoms with Crippen LogP contribution in [0.15, 0.2) is 18.2 Å². The molecule has 0 aromatic heterocycles. The molecule has 5 rings (SSSR count). The average Bonchev–Trinajstić information content (AvgIpc) is 3.74. The van der Waals surface area contributed by atoms with Gasteiger partial charge in [-0.25, -0.2) is 4.79 Å². The lowest BCUT2D eigenvalue weighted by atomic mass is 9.77. The van der Waals surface area contributed by atoms with Crippen LogP contribution in [0.4, 0.5) is 10.5 Å². The second kappa shape index (κ2) is 23.0. The minimum Gasteiger partial charge on any atom is -0.493 e. The molecule has 4 aliphatic rings. The van der Waals surface area contributed by atoms with Gasteiger partial charge in [0.2, 0.25) is 0 Å². The van der Waals surface area contributed by atoms with E-state index in [0.29, 0.717) is 44.8 Å². The summed E-state index contributed by atoms with van der Waals surface area (Å²) in [4.78, 5) is 31.4. The molecule has 0 saturated carbocycles. The minimum atomic E-state index is -1.92. The number of amides is 2. The number of nitrogens with zero attached hydrogens (tertiary/aromatic N) is 2. The maximum absolute atomic E-state index is 14.5. The molecular weight excluding hydrogens is 869 g/mol. The van der Waals surface area contributed by atoms with E-state index in [1.807, 2.05) is 56.8 Å². The number of nitrogens with one attached hydrogen (secondary N) is 2. The molecule has 4 aliphatic heterocycles. The fourth-order valence-electron chi connectivity index (χ4n) is 10.8. The average molecular weight is 953 g/mol. The third kappa shape index (κ3) is 13.2. The zero-order valence-corrected chi connectivity index (χ0v) is 42.3. The van der Waals surface area contributed by atoms with Crippen molar-refractivity contribution in [3.8, 4) is 5.75 Å². The first-order valence-corrected chi connectivity index (χ1v) is 24.4. The van der Waals surface area contributed by atoms with Crippen LogP contribution in [0.3, 0.4) is 0 Å². The Hall–Kier alpha value is -2.72. The Morgan fingerprint density at radius 2 is 1.69 bits per heavy atom. The highest BCUT2D eigenvalue weighted by Crippen LogP contribution is 2.40. The normalized spacial score (nSPS) is 41.7. The van der Waals surface area contributed by atoms with E-state index in [1.165, 1.54) is 14.0 Å². The first-order chi connectivity index (χ1) is 31.3. The van der Waals surface area contributed by atoms with E-state index < -0.39 is 96.0 Å². The van der Waals surface area contributed by atoms with E-state index in [4.69, 9.17) is 33.2 Å². The lowest BCUT2D eigenvalue weighted by Gasteiger charge is -2.48. The van der Waals surface area contributed by atoms with Crippen molar-refractivity contribution >= 4 is 17.7 Å². The van der Waals surface area contributed by atoms with Gasteiger partial charge in [-0.05, 0) is 118 Å². The zero-order chi connectivity index (χ0) is 49.8. The van der Waals surface area contributed by atoms with E-state index in [-0.39, 0.29) is 43.4 Å². The molecule has 0 radical (unpaired) electrons. The molecule has 4 heterocycles. The number of esters is 1. The Morgan fingerprint density at radius 1 is 0.985 bits per heavy atom. The topological polar surface area (TPSA) is 230 Å². The Bertz CT molecular complexity index is 1770. The summed E-state index contributed by atoms with van der Waals surface area (Å²) in [5.74, 6) is -2.06. The van der Waals surface area contributed by atoms with E-state index >= 15 is 0 Å². The second-order valence-corrected chi connectivity index (χ2v) is 20.9. The number of carbonyl (C=O) groups is 2. The van der Waals surface area contributed by atoms with Crippen molar-refractivity contribution in [3.63, 3.8) is 0 Å². The molecule has 0 spiro atoms. The third-order valence-electron chi connectivity index (χ3n) is 14.9. The van der Waals surface area contributed by atoms with E-state index in [1.54, 1.807) is 47.6 Å². The SMILES string of the molecule is CC[C@H]1OC(=O)[C@H](C)[C@@H](O[C@H]2C[C@@](C)(OC)[C@@H](O)[C@H](C)O2)[C@H](C)[C@@H](O[C@@H]2O[C@H](C)C[C@H](N(C)C)[C@H]2O)[C@](C)(O)C[C@@H](C)CN(CCCNC(=O)Nc2ccc3c(c2)CCO3)[C@H](C)[C@@H](O)[C@]1(C)O. The molecule has 1 aromatic carbocycles.